The van der Waals surface area contributed by atoms with Gasteiger partial charge in [-0.2, -0.15) is 0 Å². The maximum absolute atomic E-state index is 14.9. The van der Waals surface area contributed by atoms with Crippen LogP contribution in [0.5, 0.6) is 0 Å². The molecule has 0 fully saturated rings. The van der Waals surface area contributed by atoms with Crippen LogP contribution in [0.15, 0.2) is 48.5 Å². The van der Waals surface area contributed by atoms with Crippen LogP contribution in [-0.2, 0) is 19.9 Å². The highest BCUT2D eigenvalue weighted by Crippen LogP contribution is 2.47. The Morgan fingerprint density at radius 2 is 1.07 bits per heavy atom. The summed E-state index contributed by atoms with van der Waals surface area (Å²) in [7, 11) is 6.24. The van der Waals surface area contributed by atoms with Crippen molar-refractivity contribution >= 4 is 0 Å². The predicted molar refractivity (Wildman–Crippen MR) is 115 cm³/mol. The van der Waals surface area contributed by atoms with Gasteiger partial charge in [0.05, 0.1) is 12.1 Å². The van der Waals surface area contributed by atoms with Gasteiger partial charge in [-0.1, -0.05) is 36.4 Å². The van der Waals surface area contributed by atoms with Gasteiger partial charge in [0.15, 0.2) is 0 Å². The number of hydrogen-bond acceptors (Lipinski definition) is 2. The molecular weight excluding hydrogens is 380 g/mol. The molecule has 5 rings (SSSR count). The highest BCUT2D eigenvalue weighted by atomic mass is 19.1. The van der Waals surface area contributed by atoms with Gasteiger partial charge < -0.3 is 4.57 Å². The first kappa shape index (κ1) is 19.5. The van der Waals surface area contributed by atoms with Gasteiger partial charge in [-0.3, -0.25) is 9.80 Å². The quantitative estimate of drug-likeness (QED) is 0.622. The molecule has 0 radical (unpaired) electrons. The monoisotopic (exact) mass is 407 g/mol. The molecule has 0 unspecified atom stereocenters. The van der Waals surface area contributed by atoms with Crippen LogP contribution >= 0.6 is 0 Å². The molecule has 156 valence electrons. The standard InChI is InChI=1S/C25H27F2N3/c1-28-14-12-20-22(24(28)16-8-4-6-10-18(16)26)23-21(30(20)3)13-15-29(2)25(23)17-9-5-7-11-19(17)27/h4-11,24-25H,12-15H2,1-3H3/t24-,25-/m1/s1. The molecule has 3 nitrogen and oxygen atoms in total. The van der Waals surface area contributed by atoms with Gasteiger partial charge in [0.2, 0.25) is 0 Å². The minimum absolute atomic E-state index is 0.175. The van der Waals surface area contributed by atoms with E-state index in [4.69, 9.17) is 0 Å². The SMILES string of the molecule is CN1CCc2c(c3c(n2C)CCN(C)[C@@H]3c2ccccc2F)[C@H]1c1ccccc1F. The third-order valence-corrected chi connectivity index (χ3v) is 6.95. The topological polar surface area (TPSA) is 11.4 Å². The molecule has 30 heavy (non-hydrogen) atoms. The van der Waals surface area contributed by atoms with Crippen LogP contribution in [0.25, 0.3) is 0 Å². The number of likely N-dealkylation sites (N-methyl/N-ethyl adjacent to an activating group) is 2. The first-order valence-corrected chi connectivity index (χ1v) is 10.6. The second kappa shape index (κ2) is 7.33. The minimum atomic E-state index is -0.189. The van der Waals surface area contributed by atoms with Crippen molar-refractivity contribution in [2.24, 2.45) is 7.05 Å². The van der Waals surface area contributed by atoms with E-state index in [1.165, 1.54) is 23.5 Å². The Morgan fingerprint density at radius 3 is 1.47 bits per heavy atom. The van der Waals surface area contributed by atoms with Gasteiger partial charge in [0.25, 0.3) is 0 Å². The molecule has 0 N–H and O–H groups in total. The molecule has 5 heteroatoms. The molecule has 2 aliphatic heterocycles. The van der Waals surface area contributed by atoms with E-state index >= 15 is 0 Å². The average Bonchev–Trinajstić information content (AvgIpc) is 3.02. The van der Waals surface area contributed by atoms with Crippen LogP contribution in [0, 0.1) is 11.6 Å². The Hall–Kier alpha value is -2.50. The van der Waals surface area contributed by atoms with Gasteiger partial charge in [-0.15, -0.1) is 0 Å². The Bertz CT molecular complexity index is 1020. The van der Waals surface area contributed by atoms with Crippen molar-refractivity contribution < 1.29 is 8.78 Å². The lowest BCUT2D eigenvalue weighted by molar-refractivity contribution is 0.240. The summed E-state index contributed by atoms with van der Waals surface area (Å²) in [5, 5.41) is 0. The van der Waals surface area contributed by atoms with Gasteiger partial charge in [0.1, 0.15) is 11.6 Å². The first-order valence-electron chi connectivity index (χ1n) is 10.6. The molecular formula is C25H27F2N3. The Morgan fingerprint density at radius 1 is 0.667 bits per heavy atom. The van der Waals surface area contributed by atoms with E-state index < -0.39 is 0 Å². The van der Waals surface area contributed by atoms with Gasteiger partial charge in [-0.05, 0) is 26.2 Å². The number of nitrogens with zero attached hydrogens (tertiary/aromatic N) is 3. The molecule has 2 atom stereocenters. The molecule has 2 aliphatic rings. The fourth-order valence-electron chi connectivity index (χ4n) is 5.49. The molecule has 0 amide bonds. The number of aromatic nitrogens is 1. The number of halogens is 2. The summed E-state index contributed by atoms with van der Waals surface area (Å²) >= 11 is 0. The molecule has 1 aromatic heterocycles. The second-order valence-electron chi connectivity index (χ2n) is 8.59. The molecule has 0 bridgehead atoms. The first-order chi connectivity index (χ1) is 14.5. The van der Waals surface area contributed by atoms with Gasteiger partial charge in [-0.25, -0.2) is 8.78 Å². The molecule has 0 aliphatic carbocycles. The van der Waals surface area contributed by atoms with Crippen LogP contribution in [-0.4, -0.2) is 41.6 Å². The average molecular weight is 408 g/mol. The Balaban J connectivity index is 1.79. The van der Waals surface area contributed by atoms with E-state index in [1.807, 2.05) is 24.3 Å². The minimum Gasteiger partial charge on any atom is -0.351 e. The molecule has 0 saturated carbocycles. The molecule has 2 aromatic carbocycles. The van der Waals surface area contributed by atoms with Crippen molar-refractivity contribution in [2.45, 2.75) is 24.9 Å². The maximum atomic E-state index is 14.9. The van der Waals surface area contributed by atoms with Crippen LogP contribution < -0.4 is 0 Å². The molecule has 3 heterocycles. The smallest absolute Gasteiger partial charge is 0.128 e. The summed E-state index contributed by atoms with van der Waals surface area (Å²) in [4.78, 5) is 4.46. The number of benzene rings is 2. The fourth-order valence-corrected chi connectivity index (χ4v) is 5.49. The molecule has 0 spiro atoms. The van der Waals surface area contributed by atoms with Crippen molar-refractivity contribution in [2.75, 3.05) is 27.2 Å². The highest BCUT2D eigenvalue weighted by molar-refractivity contribution is 5.52. The summed E-state index contributed by atoms with van der Waals surface area (Å²) in [6, 6.07) is 13.8. The fraction of sp³-hybridized carbons (Fsp3) is 0.360. The third kappa shape index (κ3) is 2.83. The number of hydrogen-bond donors (Lipinski definition) is 0. The van der Waals surface area contributed by atoms with Crippen LogP contribution in [0.3, 0.4) is 0 Å². The van der Waals surface area contributed by atoms with E-state index in [2.05, 4.69) is 35.5 Å². The van der Waals surface area contributed by atoms with E-state index in [1.54, 1.807) is 12.1 Å². The Labute approximate surface area is 176 Å². The zero-order valence-electron chi connectivity index (χ0n) is 17.7. The lowest BCUT2D eigenvalue weighted by Crippen LogP contribution is -2.37. The zero-order chi connectivity index (χ0) is 21.0. The van der Waals surface area contributed by atoms with Crippen molar-refractivity contribution in [3.05, 3.63) is 93.8 Å². The van der Waals surface area contributed by atoms with Crippen LogP contribution in [0.1, 0.15) is 45.7 Å². The second-order valence-corrected chi connectivity index (χ2v) is 8.59. The normalized spacial score (nSPS) is 22.0. The van der Waals surface area contributed by atoms with E-state index in [-0.39, 0.29) is 23.7 Å². The van der Waals surface area contributed by atoms with E-state index in [0.717, 1.165) is 37.1 Å². The van der Waals surface area contributed by atoms with Gasteiger partial charge >= 0.3 is 0 Å². The zero-order valence-corrected chi connectivity index (χ0v) is 17.7. The summed E-state index contributed by atoms with van der Waals surface area (Å²) in [5.74, 6) is -0.377. The summed E-state index contributed by atoms with van der Waals surface area (Å²) < 4.78 is 32.2. The summed E-state index contributed by atoms with van der Waals surface area (Å²) in [6.45, 7) is 1.73. The number of rotatable bonds is 2. The van der Waals surface area contributed by atoms with Crippen molar-refractivity contribution in [3.63, 3.8) is 0 Å². The lowest BCUT2D eigenvalue weighted by atomic mass is 9.83. The maximum Gasteiger partial charge on any atom is 0.128 e. The van der Waals surface area contributed by atoms with Gasteiger partial charge in [0, 0.05) is 66.6 Å². The van der Waals surface area contributed by atoms with Crippen LogP contribution in [0.4, 0.5) is 8.78 Å². The molecule has 3 aromatic rings. The largest absolute Gasteiger partial charge is 0.351 e. The van der Waals surface area contributed by atoms with Crippen molar-refractivity contribution in [1.29, 1.82) is 0 Å². The third-order valence-electron chi connectivity index (χ3n) is 6.95. The van der Waals surface area contributed by atoms with E-state index in [0.29, 0.717) is 11.1 Å². The summed E-state index contributed by atoms with van der Waals surface area (Å²) in [6.07, 6.45) is 1.82. The van der Waals surface area contributed by atoms with Crippen molar-refractivity contribution in [1.82, 2.24) is 14.4 Å². The predicted octanol–water partition coefficient (Wildman–Crippen LogP) is 4.46. The van der Waals surface area contributed by atoms with E-state index in [9.17, 15) is 8.78 Å². The van der Waals surface area contributed by atoms with Crippen molar-refractivity contribution in [3.8, 4) is 0 Å². The Kier molecular flexibility index (Phi) is 4.75. The van der Waals surface area contributed by atoms with Crippen LogP contribution in [0.2, 0.25) is 0 Å². The molecule has 0 saturated heterocycles. The summed E-state index contributed by atoms with van der Waals surface area (Å²) in [5.41, 5.74) is 6.20. The number of fused-ring (bicyclic) bond motifs is 3. The highest BCUT2D eigenvalue weighted by Gasteiger charge is 2.40. The lowest BCUT2D eigenvalue weighted by Gasteiger charge is -2.38.